The lowest BCUT2D eigenvalue weighted by Gasteiger charge is -2.36. The van der Waals surface area contributed by atoms with Crippen LogP contribution >= 0.6 is 11.8 Å². The summed E-state index contributed by atoms with van der Waals surface area (Å²) in [7, 11) is 4.41. The van der Waals surface area contributed by atoms with Crippen LogP contribution in [-0.4, -0.2) is 37.3 Å². The standard InChI is InChI=1S/C15H26N2OS/c1-17(2)15(8-4-5-9-15)12-16-10-13-6-7-14(18-13)11-19-3/h6-7,16H,4-5,8-12H2,1-3H3. The summed E-state index contributed by atoms with van der Waals surface area (Å²) in [5, 5.41) is 3.58. The van der Waals surface area contributed by atoms with Gasteiger partial charge in [0.05, 0.1) is 12.3 Å². The molecule has 1 aliphatic carbocycles. The van der Waals surface area contributed by atoms with Crippen LogP contribution in [0, 0.1) is 0 Å². The molecule has 1 aromatic rings. The Balaban J connectivity index is 1.81. The SMILES string of the molecule is CSCc1ccc(CNCC2(N(C)C)CCCC2)o1. The van der Waals surface area contributed by atoms with Crippen molar-refractivity contribution in [2.75, 3.05) is 26.9 Å². The second kappa shape index (κ2) is 6.82. The molecule has 19 heavy (non-hydrogen) atoms. The molecule has 0 bridgehead atoms. The first-order chi connectivity index (χ1) is 9.16. The van der Waals surface area contributed by atoms with E-state index in [1.807, 2.05) is 0 Å². The van der Waals surface area contributed by atoms with E-state index in [9.17, 15) is 0 Å². The fourth-order valence-electron chi connectivity index (χ4n) is 2.97. The summed E-state index contributed by atoms with van der Waals surface area (Å²) in [6.07, 6.45) is 7.43. The number of rotatable bonds is 7. The van der Waals surface area contributed by atoms with Gasteiger partial charge in [0.1, 0.15) is 11.5 Å². The van der Waals surface area contributed by atoms with Gasteiger partial charge in [-0.2, -0.15) is 11.8 Å². The van der Waals surface area contributed by atoms with E-state index < -0.39 is 0 Å². The molecule has 1 fully saturated rings. The number of hydrogen-bond donors (Lipinski definition) is 1. The van der Waals surface area contributed by atoms with Crippen molar-refractivity contribution >= 4 is 11.8 Å². The summed E-state index contributed by atoms with van der Waals surface area (Å²) < 4.78 is 5.79. The molecule has 1 N–H and O–H groups in total. The van der Waals surface area contributed by atoms with Gasteiger partial charge < -0.3 is 14.6 Å². The molecule has 1 saturated carbocycles. The Labute approximate surface area is 121 Å². The smallest absolute Gasteiger partial charge is 0.118 e. The highest BCUT2D eigenvalue weighted by molar-refractivity contribution is 7.97. The van der Waals surface area contributed by atoms with Crippen molar-refractivity contribution in [1.29, 1.82) is 0 Å². The molecule has 2 rings (SSSR count). The Morgan fingerprint density at radius 1 is 1.26 bits per heavy atom. The van der Waals surface area contributed by atoms with Crippen LogP contribution in [0.15, 0.2) is 16.5 Å². The molecule has 1 aromatic heterocycles. The van der Waals surface area contributed by atoms with E-state index in [2.05, 4.69) is 42.7 Å². The van der Waals surface area contributed by atoms with Crippen LogP contribution in [0.1, 0.15) is 37.2 Å². The third kappa shape index (κ3) is 3.77. The lowest BCUT2D eigenvalue weighted by molar-refractivity contribution is 0.152. The first kappa shape index (κ1) is 14.9. The Kier molecular flexibility index (Phi) is 5.37. The minimum Gasteiger partial charge on any atom is -0.464 e. The van der Waals surface area contributed by atoms with Gasteiger partial charge in [-0.1, -0.05) is 12.8 Å². The maximum Gasteiger partial charge on any atom is 0.118 e. The fraction of sp³-hybridized carbons (Fsp3) is 0.733. The van der Waals surface area contributed by atoms with Crippen LogP contribution < -0.4 is 5.32 Å². The summed E-state index contributed by atoms with van der Waals surface area (Å²) in [6.45, 7) is 1.89. The summed E-state index contributed by atoms with van der Waals surface area (Å²) in [4.78, 5) is 2.40. The molecule has 0 amide bonds. The molecule has 0 unspecified atom stereocenters. The Bertz CT molecular complexity index is 383. The molecule has 0 spiro atoms. The third-order valence-corrected chi connectivity index (χ3v) is 4.81. The molecular weight excluding hydrogens is 256 g/mol. The molecular formula is C15H26N2OS. The van der Waals surface area contributed by atoms with Gasteiger partial charge in [-0.3, -0.25) is 0 Å². The number of nitrogens with zero attached hydrogens (tertiary/aromatic N) is 1. The monoisotopic (exact) mass is 282 g/mol. The van der Waals surface area contributed by atoms with E-state index >= 15 is 0 Å². The summed E-state index contributed by atoms with van der Waals surface area (Å²) >= 11 is 1.79. The highest BCUT2D eigenvalue weighted by atomic mass is 32.2. The predicted octanol–water partition coefficient (Wildman–Crippen LogP) is 3.11. The quantitative estimate of drug-likeness (QED) is 0.832. The molecule has 0 aliphatic heterocycles. The summed E-state index contributed by atoms with van der Waals surface area (Å²) in [5.74, 6) is 3.09. The molecule has 3 nitrogen and oxygen atoms in total. The molecule has 0 atom stereocenters. The predicted molar refractivity (Wildman–Crippen MR) is 82.5 cm³/mol. The summed E-state index contributed by atoms with van der Waals surface area (Å²) in [5.41, 5.74) is 0.356. The minimum absolute atomic E-state index is 0.356. The van der Waals surface area contributed by atoms with E-state index in [1.54, 1.807) is 11.8 Å². The lowest BCUT2D eigenvalue weighted by Crippen LogP contribution is -2.49. The van der Waals surface area contributed by atoms with E-state index in [4.69, 9.17) is 4.42 Å². The van der Waals surface area contributed by atoms with Crippen molar-refractivity contribution in [2.24, 2.45) is 0 Å². The van der Waals surface area contributed by atoms with Crippen molar-refractivity contribution in [2.45, 2.75) is 43.5 Å². The number of likely N-dealkylation sites (N-methyl/N-ethyl adjacent to an activating group) is 1. The molecule has 0 aromatic carbocycles. The Morgan fingerprint density at radius 3 is 2.58 bits per heavy atom. The highest BCUT2D eigenvalue weighted by Gasteiger charge is 2.35. The number of nitrogens with one attached hydrogen (secondary N) is 1. The van der Waals surface area contributed by atoms with Crippen molar-refractivity contribution in [3.63, 3.8) is 0 Å². The normalized spacial score (nSPS) is 18.3. The molecule has 1 heterocycles. The van der Waals surface area contributed by atoms with Crippen LogP contribution in [0.4, 0.5) is 0 Å². The van der Waals surface area contributed by atoms with Crippen LogP contribution in [0.3, 0.4) is 0 Å². The first-order valence-corrected chi connectivity index (χ1v) is 8.50. The lowest BCUT2D eigenvalue weighted by atomic mass is 9.96. The molecule has 4 heteroatoms. The Morgan fingerprint density at radius 2 is 1.95 bits per heavy atom. The summed E-state index contributed by atoms with van der Waals surface area (Å²) in [6, 6.07) is 4.18. The number of hydrogen-bond acceptors (Lipinski definition) is 4. The second-order valence-electron chi connectivity index (χ2n) is 5.73. The van der Waals surface area contributed by atoms with Crippen LogP contribution in [-0.2, 0) is 12.3 Å². The van der Waals surface area contributed by atoms with Gasteiger partial charge in [0.25, 0.3) is 0 Å². The van der Waals surface area contributed by atoms with Gasteiger partial charge in [-0.25, -0.2) is 0 Å². The van der Waals surface area contributed by atoms with Gasteiger partial charge in [0.2, 0.25) is 0 Å². The fourth-order valence-corrected chi connectivity index (χ4v) is 3.41. The van der Waals surface area contributed by atoms with E-state index in [-0.39, 0.29) is 0 Å². The van der Waals surface area contributed by atoms with Gasteiger partial charge in [-0.05, 0) is 45.3 Å². The number of furan rings is 1. The third-order valence-electron chi connectivity index (χ3n) is 4.24. The zero-order valence-corrected chi connectivity index (χ0v) is 13.2. The van der Waals surface area contributed by atoms with Gasteiger partial charge in [-0.15, -0.1) is 0 Å². The maximum absolute atomic E-state index is 5.79. The first-order valence-electron chi connectivity index (χ1n) is 7.11. The number of thioether (sulfide) groups is 1. The van der Waals surface area contributed by atoms with Gasteiger partial charge in [0.15, 0.2) is 0 Å². The van der Waals surface area contributed by atoms with Crippen molar-refractivity contribution < 1.29 is 4.42 Å². The Hall–Kier alpha value is -0.450. The average Bonchev–Trinajstić information content (AvgIpc) is 3.00. The second-order valence-corrected chi connectivity index (χ2v) is 6.60. The van der Waals surface area contributed by atoms with Gasteiger partial charge in [0, 0.05) is 12.1 Å². The average molecular weight is 282 g/mol. The van der Waals surface area contributed by atoms with Crippen molar-refractivity contribution in [3.05, 3.63) is 23.7 Å². The molecule has 108 valence electrons. The van der Waals surface area contributed by atoms with E-state index in [0.29, 0.717) is 5.54 Å². The van der Waals surface area contributed by atoms with E-state index in [1.165, 1.54) is 25.7 Å². The zero-order valence-electron chi connectivity index (χ0n) is 12.4. The van der Waals surface area contributed by atoms with Gasteiger partial charge >= 0.3 is 0 Å². The highest BCUT2D eigenvalue weighted by Crippen LogP contribution is 2.33. The van der Waals surface area contributed by atoms with E-state index in [0.717, 1.165) is 30.4 Å². The van der Waals surface area contributed by atoms with Crippen LogP contribution in [0.2, 0.25) is 0 Å². The molecule has 0 radical (unpaired) electrons. The minimum atomic E-state index is 0.356. The molecule has 0 saturated heterocycles. The molecule has 1 aliphatic rings. The van der Waals surface area contributed by atoms with Crippen molar-refractivity contribution in [1.82, 2.24) is 10.2 Å². The largest absolute Gasteiger partial charge is 0.464 e. The maximum atomic E-state index is 5.79. The van der Waals surface area contributed by atoms with Crippen molar-refractivity contribution in [3.8, 4) is 0 Å². The topological polar surface area (TPSA) is 28.4 Å². The zero-order chi connectivity index (χ0) is 13.7. The van der Waals surface area contributed by atoms with Crippen LogP contribution in [0.25, 0.3) is 0 Å². The van der Waals surface area contributed by atoms with Crippen LogP contribution in [0.5, 0.6) is 0 Å².